The van der Waals surface area contributed by atoms with Gasteiger partial charge in [0.15, 0.2) is 23.0 Å². The maximum Gasteiger partial charge on any atom is 0.276 e. The largest absolute Gasteiger partial charge is 0.493 e. The van der Waals surface area contributed by atoms with Crippen LogP contribution in [0.4, 0.5) is 15.9 Å². The van der Waals surface area contributed by atoms with Crippen LogP contribution in [0.2, 0.25) is 0 Å². The fourth-order valence-corrected chi connectivity index (χ4v) is 2.64. The van der Waals surface area contributed by atoms with E-state index in [1.807, 2.05) is 13.0 Å². The van der Waals surface area contributed by atoms with Crippen LogP contribution in [-0.4, -0.2) is 35.5 Å². The molecule has 0 spiro atoms. The fourth-order valence-electron chi connectivity index (χ4n) is 2.64. The number of nitrogens with one attached hydrogen (secondary N) is 3. The Hall–Kier alpha value is -3.62. The third kappa shape index (κ3) is 4.03. The predicted molar refractivity (Wildman–Crippen MR) is 101 cm³/mol. The molecule has 0 aliphatic rings. The topological polar surface area (TPSA) is 101 Å². The number of amides is 1. The van der Waals surface area contributed by atoms with Crippen LogP contribution in [0.25, 0.3) is 0 Å². The Morgan fingerprint density at radius 2 is 1.86 bits per heavy atom. The van der Waals surface area contributed by atoms with Crippen molar-refractivity contribution in [3.63, 3.8) is 0 Å². The fraction of sp³-hybridized carbons (Fsp3) is 0.211. The number of ether oxygens (including phenoxy) is 2. The van der Waals surface area contributed by atoms with E-state index in [2.05, 4.69) is 26.0 Å². The third-order valence-corrected chi connectivity index (χ3v) is 4.15. The first-order valence-corrected chi connectivity index (χ1v) is 8.48. The number of rotatable bonds is 7. The number of aromatic amines is 1. The second kappa shape index (κ2) is 8.38. The average molecular weight is 385 g/mol. The van der Waals surface area contributed by atoms with Crippen molar-refractivity contribution in [3.8, 4) is 11.5 Å². The third-order valence-electron chi connectivity index (χ3n) is 4.15. The van der Waals surface area contributed by atoms with Crippen LogP contribution in [0.3, 0.4) is 0 Å². The SMILES string of the molecule is COc1ccc([C@H](C)NC(=O)c2n[nH]nc2Nc2ccccc2F)cc1OC. The number of carbonyl (C=O) groups excluding carboxylic acids is 1. The summed E-state index contributed by atoms with van der Waals surface area (Å²) in [4.78, 5) is 12.6. The molecule has 0 radical (unpaired) electrons. The number of carbonyl (C=O) groups is 1. The standard InChI is InChI=1S/C19H20FN5O3/c1-11(12-8-9-15(27-2)16(10-12)28-3)21-19(26)17-18(24-25-23-17)22-14-7-5-4-6-13(14)20/h4-11H,1-3H3,(H,21,26)(H2,22,23,24,25)/t11-/m0/s1. The van der Waals surface area contributed by atoms with Gasteiger partial charge in [0.05, 0.1) is 25.9 Å². The van der Waals surface area contributed by atoms with Crippen LogP contribution < -0.4 is 20.1 Å². The minimum Gasteiger partial charge on any atom is -0.493 e. The predicted octanol–water partition coefficient (Wildman–Crippen LogP) is 3.20. The number of hydrogen-bond acceptors (Lipinski definition) is 6. The summed E-state index contributed by atoms with van der Waals surface area (Å²) in [6, 6.07) is 11.1. The quantitative estimate of drug-likeness (QED) is 0.577. The second-order valence-electron chi connectivity index (χ2n) is 5.94. The Balaban J connectivity index is 1.75. The molecule has 8 nitrogen and oxygen atoms in total. The van der Waals surface area contributed by atoms with Crippen molar-refractivity contribution in [1.82, 2.24) is 20.7 Å². The van der Waals surface area contributed by atoms with Crippen molar-refractivity contribution in [2.75, 3.05) is 19.5 Å². The van der Waals surface area contributed by atoms with Gasteiger partial charge in [-0.3, -0.25) is 4.79 Å². The molecular formula is C19H20FN5O3. The zero-order chi connectivity index (χ0) is 20.1. The number of methoxy groups -OCH3 is 2. The molecule has 0 aliphatic heterocycles. The molecule has 2 aromatic carbocycles. The first-order valence-electron chi connectivity index (χ1n) is 8.48. The van der Waals surface area contributed by atoms with Gasteiger partial charge >= 0.3 is 0 Å². The number of benzene rings is 2. The lowest BCUT2D eigenvalue weighted by Crippen LogP contribution is -2.27. The molecular weight excluding hydrogens is 365 g/mol. The van der Waals surface area contributed by atoms with E-state index >= 15 is 0 Å². The molecule has 1 atom stereocenters. The highest BCUT2D eigenvalue weighted by atomic mass is 19.1. The van der Waals surface area contributed by atoms with E-state index in [1.54, 1.807) is 38.5 Å². The van der Waals surface area contributed by atoms with Gasteiger partial charge in [-0.05, 0) is 36.8 Å². The van der Waals surface area contributed by atoms with Crippen molar-refractivity contribution in [2.45, 2.75) is 13.0 Å². The minimum atomic E-state index is -0.463. The van der Waals surface area contributed by atoms with Gasteiger partial charge < -0.3 is 20.1 Å². The Labute approximate surface area is 161 Å². The minimum absolute atomic E-state index is 0.0237. The molecule has 0 fully saturated rings. The van der Waals surface area contributed by atoms with Crippen LogP contribution in [0.15, 0.2) is 42.5 Å². The highest BCUT2D eigenvalue weighted by molar-refractivity contribution is 5.97. The molecule has 0 unspecified atom stereocenters. The summed E-state index contributed by atoms with van der Waals surface area (Å²) < 4.78 is 24.3. The Morgan fingerprint density at radius 3 is 2.57 bits per heavy atom. The van der Waals surface area contributed by atoms with Gasteiger partial charge in [-0.15, -0.1) is 10.2 Å². The van der Waals surface area contributed by atoms with Crippen LogP contribution >= 0.6 is 0 Å². The summed E-state index contributed by atoms with van der Waals surface area (Å²) in [5.74, 6) is 0.356. The summed E-state index contributed by atoms with van der Waals surface area (Å²) in [5.41, 5.74) is 1.03. The molecule has 3 N–H and O–H groups in total. The Kier molecular flexibility index (Phi) is 5.73. The van der Waals surface area contributed by atoms with Gasteiger partial charge in [-0.2, -0.15) is 5.21 Å². The first-order chi connectivity index (χ1) is 13.5. The number of anilines is 2. The van der Waals surface area contributed by atoms with E-state index in [0.717, 1.165) is 5.56 Å². The van der Waals surface area contributed by atoms with E-state index in [0.29, 0.717) is 11.5 Å². The van der Waals surface area contributed by atoms with Crippen molar-refractivity contribution >= 4 is 17.4 Å². The van der Waals surface area contributed by atoms with Crippen molar-refractivity contribution in [2.24, 2.45) is 0 Å². The number of halogens is 1. The van der Waals surface area contributed by atoms with Crippen LogP contribution in [-0.2, 0) is 0 Å². The summed E-state index contributed by atoms with van der Waals surface area (Å²) in [6.45, 7) is 1.82. The monoisotopic (exact) mass is 385 g/mol. The van der Waals surface area contributed by atoms with Crippen molar-refractivity contribution < 1.29 is 18.7 Å². The maximum atomic E-state index is 13.8. The summed E-state index contributed by atoms with van der Waals surface area (Å²) in [6.07, 6.45) is 0. The van der Waals surface area contributed by atoms with E-state index in [9.17, 15) is 9.18 Å². The van der Waals surface area contributed by atoms with Crippen LogP contribution in [0, 0.1) is 5.82 Å². The number of H-pyrrole nitrogens is 1. The van der Waals surface area contributed by atoms with Gasteiger partial charge in [0.2, 0.25) is 0 Å². The maximum absolute atomic E-state index is 13.8. The van der Waals surface area contributed by atoms with Crippen molar-refractivity contribution in [1.29, 1.82) is 0 Å². The molecule has 0 saturated carbocycles. The zero-order valence-electron chi connectivity index (χ0n) is 15.6. The van der Waals surface area contributed by atoms with E-state index in [1.165, 1.54) is 12.1 Å². The summed E-state index contributed by atoms with van der Waals surface area (Å²) >= 11 is 0. The summed E-state index contributed by atoms with van der Waals surface area (Å²) in [5, 5.41) is 15.8. The lowest BCUT2D eigenvalue weighted by molar-refractivity contribution is 0.0935. The van der Waals surface area contributed by atoms with Gasteiger partial charge in [0.25, 0.3) is 5.91 Å². The molecule has 0 aliphatic carbocycles. The highest BCUT2D eigenvalue weighted by Gasteiger charge is 2.20. The molecule has 28 heavy (non-hydrogen) atoms. The van der Waals surface area contributed by atoms with E-state index in [4.69, 9.17) is 9.47 Å². The van der Waals surface area contributed by atoms with Gasteiger partial charge in [-0.25, -0.2) is 4.39 Å². The second-order valence-corrected chi connectivity index (χ2v) is 5.94. The van der Waals surface area contributed by atoms with E-state index < -0.39 is 11.7 Å². The number of para-hydroxylation sites is 1. The molecule has 0 saturated heterocycles. The van der Waals surface area contributed by atoms with Gasteiger partial charge in [-0.1, -0.05) is 18.2 Å². The molecule has 3 aromatic rings. The number of hydrogen-bond donors (Lipinski definition) is 3. The molecule has 0 bridgehead atoms. The van der Waals surface area contributed by atoms with Gasteiger partial charge in [0, 0.05) is 0 Å². The van der Waals surface area contributed by atoms with Crippen molar-refractivity contribution in [3.05, 3.63) is 59.5 Å². The zero-order valence-corrected chi connectivity index (χ0v) is 15.6. The average Bonchev–Trinajstić information content (AvgIpc) is 3.17. The molecule has 1 aromatic heterocycles. The molecule has 146 valence electrons. The summed E-state index contributed by atoms with van der Waals surface area (Å²) in [7, 11) is 3.10. The molecule has 3 rings (SSSR count). The normalized spacial score (nSPS) is 11.6. The Morgan fingerprint density at radius 1 is 1.11 bits per heavy atom. The molecule has 9 heteroatoms. The van der Waals surface area contributed by atoms with Gasteiger partial charge in [0.1, 0.15) is 5.82 Å². The van der Waals surface area contributed by atoms with E-state index in [-0.39, 0.29) is 23.2 Å². The number of aromatic nitrogens is 3. The van der Waals surface area contributed by atoms with Crippen LogP contribution in [0.1, 0.15) is 29.0 Å². The first kappa shape index (κ1) is 19.2. The Bertz CT molecular complexity index is 976. The van der Waals surface area contributed by atoms with Crippen LogP contribution in [0.5, 0.6) is 11.5 Å². The number of nitrogens with zero attached hydrogens (tertiary/aromatic N) is 2. The molecule has 1 heterocycles. The highest BCUT2D eigenvalue weighted by Crippen LogP contribution is 2.30. The lowest BCUT2D eigenvalue weighted by Gasteiger charge is -2.16. The molecule has 1 amide bonds. The smallest absolute Gasteiger partial charge is 0.276 e. The lowest BCUT2D eigenvalue weighted by atomic mass is 10.1.